The largest absolute Gasteiger partial charge is 0.508 e. The molecule has 1 aliphatic rings. The van der Waals surface area contributed by atoms with Crippen molar-refractivity contribution in [3.63, 3.8) is 0 Å². The molecule has 0 amide bonds. The van der Waals surface area contributed by atoms with Gasteiger partial charge in [0, 0.05) is 6.42 Å². The fourth-order valence-electron chi connectivity index (χ4n) is 2.71. The normalized spacial score (nSPS) is 23.0. The van der Waals surface area contributed by atoms with Gasteiger partial charge in [-0.2, -0.15) is 0 Å². The van der Waals surface area contributed by atoms with E-state index in [-0.39, 0.29) is 12.1 Å². The van der Waals surface area contributed by atoms with Crippen LogP contribution in [0.2, 0.25) is 0 Å². The highest BCUT2D eigenvalue weighted by Gasteiger charge is 2.24. The molecule has 3 nitrogen and oxygen atoms in total. The van der Waals surface area contributed by atoms with Gasteiger partial charge in [-0.15, -0.1) is 0 Å². The molecule has 0 aliphatic heterocycles. The maximum atomic E-state index is 11.5. The molecular formula is C16H22O3. The van der Waals surface area contributed by atoms with Gasteiger partial charge in [-0.3, -0.25) is 4.79 Å². The zero-order chi connectivity index (χ0) is 13.7. The first kappa shape index (κ1) is 13.9. The van der Waals surface area contributed by atoms with Crippen LogP contribution in [0, 0.1) is 0 Å². The van der Waals surface area contributed by atoms with Gasteiger partial charge in [0.1, 0.15) is 11.9 Å². The van der Waals surface area contributed by atoms with Crippen LogP contribution in [-0.4, -0.2) is 17.2 Å². The zero-order valence-corrected chi connectivity index (χ0v) is 11.5. The molecule has 0 bridgehead atoms. The van der Waals surface area contributed by atoms with Gasteiger partial charge in [-0.1, -0.05) is 19.1 Å². The number of benzene rings is 1. The third-order valence-electron chi connectivity index (χ3n) is 3.79. The summed E-state index contributed by atoms with van der Waals surface area (Å²) in [5.41, 5.74) is 1.27. The Morgan fingerprint density at radius 2 is 1.84 bits per heavy atom. The molecule has 0 aromatic heterocycles. The molecule has 2 rings (SSSR count). The summed E-state index contributed by atoms with van der Waals surface area (Å²) in [7, 11) is 0. The Hall–Kier alpha value is -1.51. The molecule has 0 atom stereocenters. The fraction of sp³-hybridized carbons (Fsp3) is 0.562. The predicted octanol–water partition coefficient (Wildman–Crippen LogP) is 3.76. The Kier molecular flexibility index (Phi) is 4.83. The second kappa shape index (κ2) is 6.60. The van der Waals surface area contributed by atoms with E-state index in [0.717, 1.165) is 32.1 Å². The van der Waals surface area contributed by atoms with Crippen molar-refractivity contribution >= 4 is 5.97 Å². The molecule has 3 heteroatoms. The van der Waals surface area contributed by atoms with Gasteiger partial charge in [-0.05, 0) is 55.7 Å². The number of carbonyl (C=O) groups excluding carboxylic acids is 1. The second-order valence-corrected chi connectivity index (χ2v) is 5.31. The molecule has 0 spiro atoms. The molecule has 0 heterocycles. The first-order valence-electron chi connectivity index (χ1n) is 7.17. The Morgan fingerprint density at radius 1 is 1.21 bits per heavy atom. The summed E-state index contributed by atoms with van der Waals surface area (Å²) < 4.78 is 5.46. The average Bonchev–Trinajstić information content (AvgIpc) is 2.41. The highest BCUT2D eigenvalue weighted by Crippen LogP contribution is 2.34. The maximum absolute atomic E-state index is 11.5. The third-order valence-corrected chi connectivity index (χ3v) is 3.79. The highest BCUT2D eigenvalue weighted by atomic mass is 16.5. The minimum absolute atomic E-state index is 0.0596. The number of esters is 1. The average molecular weight is 262 g/mol. The SMILES string of the molecule is CCCC(=O)OC1CCC(c2ccc(O)cc2)CC1. The predicted molar refractivity (Wildman–Crippen MR) is 74.1 cm³/mol. The standard InChI is InChI=1S/C16H22O3/c1-2-3-16(18)19-15-10-6-13(7-11-15)12-4-8-14(17)9-5-12/h4-5,8-9,13,15,17H,2-3,6-7,10-11H2,1H3. The van der Waals surface area contributed by atoms with Crippen molar-refractivity contribution in [1.82, 2.24) is 0 Å². The molecule has 1 fully saturated rings. The van der Waals surface area contributed by atoms with Crippen LogP contribution in [0.5, 0.6) is 5.75 Å². The van der Waals surface area contributed by atoms with Gasteiger partial charge < -0.3 is 9.84 Å². The highest BCUT2D eigenvalue weighted by molar-refractivity contribution is 5.69. The van der Waals surface area contributed by atoms with Gasteiger partial charge in [0.15, 0.2) is 0 Å². The number of carbonyl (C=O) groups is 1. The molecule has 1 aromatic carbocycles. The number of aromatic hydroxyl groups is 1. The monoisotopic (exact) mass is 262 g/mol. The Labute approximate surface area is 114 Å². The summed E-state index contributed by atoms with van der Waals surface area (Å²) in [5, 5.41) is 9.29. The van der Waals surface area contributed by atoms with Crippen molar-refractivity contribution in [3.8, 4) is 5.75 Å². The number of rotatable bonds is 4. The van der Waals surface area contributed by atoms with Crippen molar-refractivity contribution in [2.45, 2.75) is 57.5 Å². The summed E-state index contributed by atoms with van der Waals surface area (Å²) >= 11 is 0. The van der Waals surface area contributed by atoms with E-state index in [2.05, 4.69) is 0 Å². The first-order valence-corrected chi connectivity index (χ1v) is 7.17. The van der Waals surface area contributed by atoms with Crippen molar-refractivity contribution in [2.75, 3.05) is 0 Å². The van der Waals surface area contributed by atoms with Gasteiger partial charge in [0.2, 0.25) is 0 Å². The van der Waals surface area contributed by atoms with Crippen LogP contribution < -0.4 is 0 Å². The lowest BCUT2D eigenvalue weighted by Gasteiger charge is -2.28. The third kappa shape index (κ3) is 3.98. The van der Waals surface area contributed by atoms with E-state index in [1.807, 2.05) is 19.1 Å². The van der Waals surface area contributed by atoms with E-state index in [1.54, 1.807) is 12.1 Å². The Bertz CT molecular complexity index is 403. The molecule has 1 aromatic rings. The zero-order valence-electron chi connectivity index (χ0n) is 11.5. The van der Waals surface area contributed by atoms with E-state index >= 15 is 0 Å². The molecule has 1 saturated carbocycles. The molecule has 19 heavy (non-hydrogen) atoms. The molecule has 0 unspecified atom stereocenters. The van der Waals surface area contributed by atoms with Gasteiger partial charge in [-0.25, -0.2) is 0 Å². The molecular weight excluding hydrogens is 240 g/mol. The summed E-state index contributed by atoms with van der Waals surface area (Å²) in [6, 6.07) is 7.46. The lowest BCUT2D eigenvalue weighted by molar-refractivity contribution is -0.150. The van der Waals surface area contributed by atoms with Crippen LogP contribution >= 0.6 is 0 Å². The molecule has 1 aliphatic carbocycles. The van der Waals surface area contributed by atoms with Crippen LogP contribution in [0.3, 0.4) is 0 Å². The first-order chi connectivity index (χ1) is 9.19. The van der Waals surface area contributed by atoms with E-state index in [4.69, 9.17) is 4.74 Å². The Balaban J connectivity index is 1.82. The van der Waals surface area contributed by atoms with Crippen LogP contribution in [0.1, 0.15) is 56.9 Å². The van der Waals surface area contributed by atoms with Gasteiger partial charge >= 0.3 is 5.97 Å². The quantitative estimate of drug-likeness (QED) is 0.840. The van der Waals surface area contributed by atoms with Crippen molar-refractivity contribution in [1.29, 1.82) is 0 Å². The molecule has 0 radical (unpaired) electrons. The number of hydrogen-bond donors (Lipinski definition) is 1. The van der Waals surface area contributed by atoms with Gasteiger partial charge in [0.05, 0.1) is 0 Å². The topological polar surface area (TPSA) is 46.5 Å². The van der Waals surface area contributed by atoms with Gasteiger partial charge in [0.25, 0.3) is 0 Å². The Morgan fingerprint density at radius 3 is 2.42 bits per heavy atom. The summed E-state index contributed by atoms with van der Waals surface area (Å²) in [6.45, 7) is 1.99. The number of hydrogen-bond acceptors (Lipinski definition) is 3. The van der Waals surface area contributed by atoms with E-state index in [1.165, 1.54) is 5.56 Å². The van der Waals surface area contributed by atoms with Crippen molar-refractivity contribution in [2.24, 2.45) is 0 Å². The molecule has 104 valence electrons. The molecule has 1 N–H and O–H groups in total. The summed E-state index contributed by atoms with van der Waals surface area (Å²) in [6.07, 6.45) is 5.47. The number of ether oxygens (including phenoxy) is 1. The minimum atomic E-state index is -0.0596. The van der Waals surface area contributed by atoms with Crippen LogP contribution in [0.25, 0.3) is 0 Å². The smallest absolute Gasteiger partial charge is 0.306 e. The number of phenolic OH excluding ortho intramolecular Hbond substituents is 1. The minimum Gasteiger partial charge on any atom is -0.508 e. The fourth-order valence-corrected chi connectivity index (χ4v) is 2.71. The van der Waals surface area contributed by atoms with Crippen LogP contribution in [0.15, 0.2) is 24.3 Å². The van der Waals surface area contributed by atoms with Crippen LogP contribution in [-0.2, 0) is 9.53 Å². The van der Waals surface area contributed by atoms with Crippen molar-refractivity contribution in [3.05, 3.63) is 29.8 Å². The summed E-state index contributed by atoms with van der Waals surface area (Å²) in [5.74, 6) is 0.781. The van der Waals surface area contributed by atoms with E-state index in [9.17, 15) is 9.90 Å². The maximum Gasteiger partial charge on any atom is 0.306 e. The van der Waals surface area contributed by atoms with Crippen LogP contribution in [0.4, 0.5) is 0 Å². The second-order valence-electron chi connectivity index (χ2n) is 5.31. The lowest BCUT2D eigenvalue weighted by atomic mass is 9.83. The number of phenols is 1. The summed E-state index contributed by atoms with van der Waals surface area (Å²) in [4.78, 5) is 11.5. The lowest BCUT2D eigenvalue weighted by Crippen LogP contribution is -2.23. The van der Waals surface area contributed by atoms with E-state index in [0.29, 0.717) is 18.1 Å². The molecule has 0 saturated heterocycles. The van der Waals surface area contributed by atoms with E-state index < -0.39 is 0 Å². The van der Waals surface area contributed by atoms with Crippen molar-refractivity contribution < 1.29 is 14.6 Å².